The van der Waals surface area contributed by atoms with Crippen molar-refractivity contribution in [2.24, 2.45) is 0 Å². The number of hydrogen-bond donors (Lipinski definition) is 1. The molecule has 3 rings (SSSR count). The summed E-state index contributed by atoms with van der Waals surface area (Å²) in [7, 11) is 2.10. The lowest BCUT2D eigenvalue weighted by atomic mass is 10.3. The SMILES string of the molecule is Cc1nc(C(=O)Nc2cc(C)on2)cc(N2CCN(C)CC2)n1. The largest absolute Gasteiger partial charge is 0.360 e. The van der Waals surface area contributed by atoms with Gasteiger partial charge in [0.05, 0.1) is 0 Å². The molecular weight excluding hydrogens is 296 g/mol. The predicted molar refractivity (Wildman–Crippen MR) is 85.7 cm³/mol. The number of hydrogen-bond acceptors (Lipinski definition) is 7. The van der Waals surface area contributed by atoms with Crippen LogP contribution >= 0.6 is 0 Å². The van der Waals surface area contributed by atoms with Gasteiger partial charge in [-0.2, -0.15) is 0 Å². The number of carbonyl (C=O) groups is 1. The Morgan fingerprint density at radius 3 is 2.57 bits per heavy atom. The molecular formula is C15H20N6O2. The van der Waals surface area contributed by atoms with Crippen molar-refractivity contribution in [1.82, 2.24) is 20.0 Å². The van der Waals surface area contributed by atoms with Crippen LogP contribution in [-0.4, -0.2) is 59.2 Å². The molecule has 8 heteroatoms. The second-order valence-electron chi connectivity index (χ2n) is 5.73. The van der Waals surface area contributed by atoms with Crippen LogP contribution in [0.2, 0.25) is 0 Å². The monoisotopic (exact) mass is 316 g/mol. The summed E-state index contributed by atoms with van der Waals surface area (Å²) < 4.78 is 4.94. The number of amides is 1. The van der Waals surface area contributed by atoms with Crippen molar-refractivity contribution >= 4 is 17.5 Å². The van der Waals surface area contributed by atoms with Crippen molar-refractivity contribution in [1.29, 1.82) is 0 Å². The highest BCUT2D eigenvalue weighted by Crippen LogP contribution is 2.16. The van der Waals surface area contributed by atoms with Gasteiger partial charge in [0.1, 0.15) is 23.1 Å². The standard InChI is InChI=1S/C15H20N6O2/c1-10-8-13(19-23-10)18-15(22)12-9-14(17-11(2)16-12)21-6-4-20(3)5-7-21/h8-9H,4-7H2,1-3H3,(H,18,19,22). The van der Waals surface area contributed by atoms with Gasteiger partial charge >= 0.3 is 0 Å². The average molecular weight is 316 g/mol. The molecule has 3 heterocycles. The second-order valence-corrected chi connectivity index (χ2v) is 5.73. The molecule has 1 aliphatic heterocycles. The van der Waals surface area contributed by atoms with E-state index in [1.807, 2.05) is 0 Å². The lowest BCUT2D eigenvalue weighted by molar-refractivity contribution is 0.102. The minimum Gasteiger partial charge on any atom is -0.360 e. The van der Waals surface area contributed by atoms with Gasteiger partial charge in [0.25, 0.3) is 5.91 Å². The molecule has 1 amide bonds. The maximum absolute atomic E-state index is 12.4. The molecule has 0 saturated carbocycles. The number of anilines is 2. The molecule has 0 radical (unpaired) electrons. The van der Waals surface area contributed by atoms with E-state index in [4.69, 9.17) is 4.52 Å². The first-order chi connectivity index (χ1) is 11.0. The minimum absolute atomic E-state index is 0.320. The van der Waals surface area contributed by atoms with Gasteiger partial charge in [-0.1, -0.05) is 5.16 Å². The minimum atomic E-state index is -0.320. The number of nitrogens with zero attached hydrogens (tertiary/aromatic N) is 5. The number of aryl methyl sites for hydroxylation is 2. The van der Waals surface area contributed by atoms with E-state index < -0.39 is 0 Å². The van der Waals surface area contributed by atoms with Gasteiger partial charge in [0.15, 0.2) is 5.82 Å². The fourth-order valence-corrected chi connectivity index (χ4v) is 2.47. The lowest BCUT2D eigenvalue weighted by Crippen LogP contribution is -2.45. The Labute approximate surface area is 134 Å². The van der Waals surface area contributed by atoms with E-state index >= 15 is 0 Å². The maximum atomic E-state index is 12.4. The number of likely N-dealkylation sites (N-methyl/N-ethyl adjacent to an activating group) is 1. The zero-order valence-electron chi connectivity index (χ0n) is 13.5. The topological polar surface area (TPSA) is 87.4 Å². The third-order valence-electron chi connectivity index (χ3n) is 3.75. The zero-order chi connectivity index (χ0) is 16.4. The highest BCUT2D eigenvalue weighted by molar-refractivity contribution is 6.02. The second kappa shape index (κ2) is 6.33. The Hall–Kier alpha value is -2.48. The third kappa shape index (κ3) is 3.65. The molecule has 8 nitrogen and oxygen atoms in total. The van der Waals surface area contributed by atoms with Crippen LogP contribution in [0.4, 0.5) is 11.6 Å². The number of nitrogens with one attached hydrogen (secondary N) is 1. The third-order valence-corrected chi connectivity index (χ3v) is 3.75. The summed E-state index contributed by atoms with van der Waals surface area (Å²) in [5.74, 6) is 2.05. The Morgan fingerprint density at radius 2 is 1.91 bits per heavy atom. The summed E-state index contributed by atoms with van der Waals surface area (Å²) in [6.45, 7) is 7.28. The van der Waals surface area contributed by atoms with Crippen LogP contribution in [0, 0.1) is 13.8 Å². The Morgan fingerprint density at radius 1 is 1.17 bits per heavy atom. The van der Waals surface area contributed by atoms with Crippen LogP contribution in [0.5, 0.6) is 0 Å². The Bertz CT molecular complexity index is 706. The van der Waals surface area contributed by atoms with Crippen LogP contribution in [-0.2, 0) is 0 Å². The van der Waals surface area contributed by atoms with E-state index in [-0.39, 0.29) is 5.91 Å². The normalized spacial score (nSPS) is 15.7. The fourth-order valence-electron chi connectivity index (χ4n) is 2.47. The van der Waals surface area contributed by atoms with Crippen LogP contribution in [0.15, 0.2) is 16.7 Å². The predicted octanol–water partition coefficient (Wildman–Crippen LogP) is 1.09. The Kier molecular flexibility index (Phi) is 4.24. The molecule has 0 atom stereocenters. The van der Waals surface area contributed by atoms with Gasteiger partial charge in [0, 0.05) is 38.3 Å². The van der Waals surface area contributed by atoms with Crippen LogP contribution < -0.4 is 10.2 Å². The fraction of sp³-hybridized carbons (Fsp3) is 0.467. The average Bonchev–Trinajstić information content (AvgIpc) is 2.92. The van der Waals surface area contributed by atoms with Gasteiger partial charge in [-0.25, -0.2) is 9.97 Å². The molecule has 2 aromatic rings. The van der Waals surface area contributed by atoms with E-state index in [2.05, 4.69) is 37.3 Å². The van der Waals surface area contributed by atoms with Gasteiger partial charge < -0.3 is 19.6 Å². The van der Waals surface area contributed by atoms with Gasteiger partial charge in [-0.05, 0) is 20.9 Å². The van der Waals surface area contributed by atoms with Crippen LogP contribution in [0.3, 0.4) is 0 Å². The smallest absolute Gasteiger partial charge is 0.275 e. The molecule has 2 aromatic heterocycles. The summed E-state index contributed by atoms with van der Waals surface area (Å²) in [4.78, 5) is 25.5. The van der Waals surface area contributed by atoms with Crippen molar-refractivity contribution in [3.05, 3.63) is 29.4 Å². The number of rotatable bonds is 3. The lowest BCUT2D eigenvalue weighted by Gasteiger charge is -2.33. The molecule has 1 N–H and O–H groups in total. The Balaban J connectivity index is 1.78. The van der Waals surface area contributed by atoms with Crippen molar-refractivity contribution in [2.45, 2.75) is 13.8 Å². The first-order valence-electron chi connectivity index (χ1n) is 7.55. The summed E-state index contributed by atoms with van der Waals surface area (Å²) in [5, 5.41) is 6.44. The highest BCUT2D eigenvalue weighted by Gasteiger charge is 2.19. The molecule has 122 valence electrons. The van der Waals surface area contributed by atoms with Crippen molar-refractivity contribution in [3.63, 3.8) is 0 Å². The molecule has 1 fully saturated rings. The van der Waals surface area contributed by atoms with E-state index in [0.717, 1.165) is 32.0 Å². The van der Waals surface area contributed by atoms with Crippen molar-refractivity contribution in [2.75, 3.05) is 43.4 Å². The molecule has 0 aliphatic carbocycles. The van der Waals surface area contributed by atoms with Crippen molar-refractivity contribution < 1.29 is 9.32 Å². The molecule has 0 aromatic carbocycles. The molecule has 0 bridgehead atoms. The van der Waals surface area contributed by atoms with E-state index in [9.17, 15) is 4.79 Å². The van der Waals surface area contributed by atoms with Gasteiger partial charge in [-0.15, -0.1) is 0 Å². The number of aromatic nitrogens is 3. The zero-order valence-corrected chi connectivity index (χ0v) is 13.5. The van der Waals surface area contributed by atoms with Gasteiger partial charge in [-0.3, -0.25) is 4.79 Å². The number of carbonyl (C=O) groups excluding carboxylic acids is 1. The summed E-state index contributed by atoms with van der Waals surface area (Å²) >= 11 is 0. The summed E-state index contributed by atoms with van der Waals surface area (Å²) in [6.07, 6.45) is 0. The summed E-state index contributed by atoms with van der Waals surface area (Å²) in [5.41, 5.74) is 0.326. The molecule has 0 unspecified atom stereocenters. The molecule has 0 spiro atoms. The first kappa shape index (κ1) is 15.4. The van der Waals surface area contributed by atoms with Gasteiger partial charge in [0.2, 0.25) is 0 Å². The first-order valence-corrected chi connectivity index (χ1v) is 7.55. The van der Waals surface area contributed by atoms with E-state index in [0.29, 0.717) is 23.1 Å². The van der Waals surface area contributed by atoms with Crippen LogP contribution in [0.25, 0.3) is 0 Å². The van der Waals surface area contributed by atoms with Crippen LogP contribution in [0.1, 0.15) is 22.1 Å². The molecule has 1 aliphatic rings. The molecule has 23 heavy (non-hydrogen) atoms. The summed E-state index contributed by atoms with van der Waals surface area (Å²) in [6, 6.07) is 3.38. The highest BCUT2D eigenvalue weighted by atomic mass is 16.5. The van der Waals surface area contributed by atoms with E-state index in [1.54, 1.807) is 26.0 Å². The van der Waals surface area contributed by atoms with E-state index in [1.165, 1.54) is 0 Å². The quantitative estimate of drug-likeness (QED) is 0.906. The maximum Gasteiger partial charge on any atom is 0.275 e. The number of piperazine rings is 1. The molecule has 1 saturated heterocycles. The van der Waals surface area contributed by atoms with Crippen molar-refractivity contribution in [3.8, 4) is 0 Å².